The number of hydrogen-bond donors (Lipinski definition) is 1. The number of thiocarbonyl (C=S) groups is 1. The quantitative estimate of drug-likeness (QED) is 0.136. The molecule has 4 rings (SSSR count). The Hall–Kier alpha value is -4.15. The first-order chi connectivity index (χ1) is 19.3. The van der Waals surface area contributed by atoms with Crippen LogP contribution in [0.3, 0.4) is 0 Å². The van der Waals surface area contributed by atoms with Crippen molar-refractivity contribution in [3.63, 3.8) is 0 Å². The monoisotopic (exact) mass is 577 g/mol. The molecular formula is C30H27NO7S2. The highest BCUT2D eigenvalue weighted by atomic mass is 32.2. The number of rotatable bonds is 12. The van der Waals surface area contributed by atoms with Crippen molar-refractivity contribution >= 4 is 52.2 Å². The van der Waals surface area contributed by atoms with Crippen molar-refractivity contribution in [1.29, 1.82) is 0 Å². The predicted molar refractivity (Wildman–Crippen MR) is 157 cm³/mol. The van der Waals surface area contributed by atoms with Gasteiger partial charge in [0.1, 0.15) is 16.6 Å². The average molecular weight is 578 g/mol. The molecular weight excluding hydrogens is 550 g/mol. The number of benzene rings is 3. The molecule has 0 unspecified atom stereocenters. The second-order valence-corrected chi connectivity index (χ2v) is 10.4. The van der Waals surface area contributed by atoms with Crippen LogP contribution in [0, 0.1) is 0 Å². The van der Waals surface area contributed by atoms with Crippen LogP contribution in [0.15, 0.2) is 77.7 Å². The van der Waals surface area contributed by atoms with Crippen molar-refractivity contribution < 1.29 is 33.7 Å². The van der Waals surface area contributed by atoms with Crippen LogP contribution in [-0.2, 0) is 27.2 Å². The third-order valence-electron chi connectivity index (χ3n) is 5.78. The Kier molecular flexibility index (Phi) is 9.93. The maximum absolute atomic E-state index is 12.7. The first kappa shape index (κ1) is 28.8. The number of carboxylic acids is 1. The molecule has 8 nitrogen and oxygen atoms in total. The zero-order chi connectivity index (χ0) is 28.5. The van der Waals surface area contributed by atoms with Gasteiger partial charge in [0, 0.05) is 19.8 Å². The van der Waals surface area contributed by atoms with Crippen molar-refractivity contribution in [3.05, 3.63) is 94.4 Å². The van der Waals surface area contributed by atoms with Crippen LogP contribution in [0.25, 0.3) is 6.08 Å². The Bertz CT molecular complexity index is 1440. The Balaban J connectivity index is 1.52. The van der Waals surface area contributed by atoms with Gasteiger partial charge in [-0.15, -0.1) is 0 Å². The van der Waals surface area contributed by atoms with E-state index in [0.29, 0.717) is 47.2 Å². The number of carbonyl (C=O) groups is 3. The number of esters is 1. The van der Waals surface area contributed by atoms with E-state index in [9.17, 15) is 14.4 Å². The summed E-state index contributed by atoms with van der Waals surface area (Å²) in [6.45, 7) is 1.58. The molecule has 1 heterocycles. The van der Waals surface area contributed by atoms with Crippen LogP contribution in [0.4, 0.5) is 0 Å². The third-order valence-corrected chi connectivity index (χ3v) is 7.16. The number of thioether (sulfide) groups is 1. The van der Waals surface area contributed by atoms with Gasteiger partial charge >= 0.3 is 11.9 Å². The summed E-state index contributed by atoms with van der Waals surface area (Å²) in [4.78, 5) is 36.7. The lowest BCUT2D eigenvalue weighted by molar-refractivity contribution is -0.140. The molecule has 1 fully saturated rings. The minimum absolute atomic E-state index is 0.197. The molecule has 206 valence electrons. The molecule has 1 aliphatic heterocycles. The van der Waals surface area contributed by atoms with E-state index in [1.54, 1.807) is 36.4 Å². The molecule has 0 bridgehead atoms. The number of carbonyl (C=O) groups excluding carboxylic acids is 2. The summed E-state index contributed by atoms with van der Waals surface area (Å²) in [5, 5.41) is 9.08. The SMILES string of the molecule is CC(=O)Oc1ccccc1CCOc1cc(C=C2SC(=S)N(CC(=O)O)C2=O)ccc1OCCc1ccccc1. The first-order valence-electron chi connectivity index (χ1n) is 12.5. The fraction of sp³-hybridized carbons (Fsp3) is 0.200. The minimum atomic E-state index is -1.14. The molecule has 0 radical (unpaired) electrons. The molecule has 0 saturated carbocycles. The lowest BCUT2D eigenvalue weighted by Crippen LogP contribution is -2.33. The van der Waals surface area contributed by atoms with Crippen LogP contribution >= 0.6 is 24.0 Å². The van der Waals surface area contributed by atoms with Gasteiger partial charge in [-0.3, -0.25) is 19.3 Å². The summed E-state index contributed by atoms with van der Waals surface area (Å²) < 4.78 is 17.7. The van der Waals surface area contributed by atoms with Gasteiger partial charge in [-0.2, -0.15) is 0 Å². The molecule has 1 aliphatic rings. The topological polar surface area (TPSA) is 102 Å². The molecule has 0 atom stereocenters. The van der Waals surface area contributed by atoms with Crippen LogP contribution in [0.5, 0.6) is 17.2 Å². The van der Waals surface area contributed by atoms with E-state index in [0.717, 1.165) is 27.8 Å². The molecule has 1 saturated heterocycles. The lowest BCUT2D eigenvalue weighted by Gasteiger charge is -2.15. The van der Waals surface area contributed by atoms with E-state index in [1.165, 1.54) is 6.92 Å². The fourth-order valence-corrected chi connectivity index (χ4v) is 5.18. The van der Waals surface area contributed by atoms with Crippen LogP contribution in [-0.4, -0.2) is 51.9 Å². The molecule has 0 spiro atoms. The molecule has 1 N–H and O–H groups in total. The van der Waals surface area contributed by atoms with Crippen molar-refractivity contribution in [2.45, 2.75) is 19.8 Å². The van der Waals surface area contributed by atoms with Crippen LogP contribution in [0.1, 0.15) is 23.6 Å². The number of carboxylic acid groups (broad SMARTS) is 1. The van der Waals surface area contributed by atoms with Crippen molar-refractivity contribution in [3.8, 4) is 17.2 Å². The maximum atomic E-state index is 12.7. The highest BCUT2D eigenvalue weighted by Crippen LogP contribution is 2.35. The normalized spacial score (nSPS) is 13.9. The van der Waals surface area contributed by atoms with E-state index in [2.05, 4.69) is 0 Å². The van der Waals surface area contributed by atoms with Crippen LogP contribution in [0.2, 0.25) is 0 Å². The summed E-state index contributed by atoms with van der Waals surface area (Å²) in [5.74, 6) is -0.489. The Morgan fingerprint density at radius 3 is 2.38 bits per heavy atom. The highest BCUT2D eigenvalue weighted by molar-refractivity contribution is 8.26. The molecule has 40 heavy (non-hydrogen) atoms. The predicted octanol–water partition coefficient (Wildman–Crippen LogP) is 5.14. The van der Waals surface area contributed by atoms with Crippen molar-refractivity contribution in [1.82, 2.24) is 4.90 Å². The minimum Gasteiger partial charge on any atom is -0.489 e. The zero-order valence-corrected chi connectivity index (χ0v) is 23.3. The number of para-hydroxylation sites is 1. The number of amides is 1. The van der Waals surface area contributed by atoms with Gasteiger partial charge in [-0.25, -0.2) is 0 Å². The van der Waals surface area contributed by atoms with Gasteiger partial charge in [0.05, 0.1) is 18.1 Å². The average Bonchev–Trinajstić information content (AvgIpc) is 3.18. The summed E-state index contributed by atoms with van der Waals surface area (Å²) in [6.07, 6.45) is 2.84. The largest absolute Gasteiger partial charge is 0.489 e. The first-order valence-corrected chi connectivity index (χ1v) is 13.7. The summed E-state index contributed by atoms with van der Waals surface area (Å²) in [7, 11) is 0. The molecule has 1 amide bonds. The van der Waals surface area contributed by atoms with E-state index >= 15 is 0 Å². The standard InChI is InChI=1S/C30H27NO7S2/c1-20(32)38-24-10-6-5-9-23(24)14-16-37-26-17-22(18-27-29(35)31(19-28(33)34)30(39)40-27)11-12-25(26)36-15-13-21-7-3-2-4-8-21/h2-12,17-18H,13-16,19H2,1H3,(H,33,34). The van der Waals surface area contributed by atoms with Gasteiger partial charge in [-0.05, 0) is 41.0 Å². The number of ether oxygens (including phenoxy) is 3. The number of aliphatic carboxylic acids is 1. The summed E-state index contributed by atoms with van der Waals surface area (Å²) in [6, 6.07) is 22.6. The Labute approximate surface area is 241 Å². The van der Waals surface area contributed by atoms with E-state index in [-0.39, 0.29) is 10.9 Å². The number of nitrogens with zero attached hydrogens (tertiary/aromatic N) is 1. The van der Waals surface area contributed by atoms with Crippen LogP contribution < -0.4 is 14.2 Å². The van der Waals surface area contributed by atoms with E-state index < -0.39 is 24.4 Å². The van der Waals surface area contributed by atoms with Crippen molar-refractivity contribution in [2.75, 3.05) is 19.8 Å². The molecule has 3 aromatic carbocycles. The summed E-state index contributed by atoms with van der Waals surface area (Å²) >= 11 is 6.25. The van der Waals surface area contributed by atoms with Gasteiger partial charge in [-0.1, -0.05) is 78.6 Å². The Morgan fingerprint density at radius 1 is 0.925 bits per heavy atom. The smallest absolute Gasteiger partial charge is 0.323 e. The van der Waals surface area contributed by atoms with Gasteiger partial charge in [0.2, 0.25) is 0 Å². The Morgan fingerprint density at radius 2 is 1.62 bits per heavy atom. The maximum Gasteiger partial charge on any atom is 0.323 e. The zero-order valence-electron chi connectivity index (χ0n) is 21.7. The molecule has 3 aromatic rings. The molecule has 0 aromatic heterocycles. The highest BCUT2D eigenvalue weighted by Gasteiger charge is 2.33. The van der Waals surface area contributed by atoms with Gasteiger partial charge < -0.3 is 19.3 Å². The molecule has 10 heteroatoms. The van der Waals surface area contributed by atoms with E-state index in [4.69, 9.17) is 31.5 Å². The number of hydrogen-bond acceptors (Lipinski definition) is 8. The van der Waals surface area contributed by atoms with Crippen molar-refractivity contribution in [2.24, 2.45) is 0 Å². The van der Waals surface area contributed by atoms with E-state index in [1.807, 2.05) is 42.5 Å². The second-order valence-electron chi connectivity index (χ2n) is 8.75. The van der Waals surface area contributed by atoms with Gasteiger partial charge in [0.25, 0.3) is 5.91 Å². The molecule has 0 aliphatic carbocycles. The summed E-state index contributed by atoms with van der Waals surface area (Å²) in [5.41, 5.74) is 2.64. The third kappa shape index (κ3) is 7.93. The lowest BCUT2D eigenvalue weighted by atomic mass is 10.1. The second kappa shape index (κ2) is 13.8. The fourth-order valence-electron chi connectivity index (χ4n) is 3.93. The van der Waals surface area contributed by atoms with Gasteiger partial charge in [0.15, 0.2) is 11.5 Å².